The van der Waals surface area contributed by atoms with Crippen molar-refractivity contribution in [3.05, 3.63) is 88.3 Å². The van der Waals surface area contributed by atoms with E-state index in [-0.39, 0.29) is 23.8 Å². The van der Waals surface area contributed by atoms with Gasteiger partial charge in [0.05, 0.1) is 20.1 Å². The lowest BCUT2D eigenvalue weighted by Gasteiger charge is -2.27. The minimum Gasteiger partial charge on any atom is -0.497 e. The quantitative estimate of drug-likeness (QED) is 0.383. The van der Waals surface area contributed by atoms with Crippen molar-refractivity contribution in [3.8, 4) is 34.8 Å². The van der Waals surface area contributed by atoms with Crippen LogP contribution >= 0.6 is 0 Å². The number of carbonyl (C=O) groups is 1. The lowest BCUT2D eigenvalue weighted by molar-refractivity contribution is -0.136. The van der Waals surface area contributed by atoms with Crippen LogP contribution in [0.4, 0.5) is 0 Å². The first-order chi connectivity index (χ1) is 17.4. The molecule has 0 amide bonds. The standard InChI is InChI=1S/C28H26N2O6/c1-16-6-5-7-23(17(16)2)34-15-26(31)35-19-9-11-21-25(13-19)36-28(30)22(14-29)27(21)20-10-8-18(32-3)12-24(20)33-4/h5-13,27H,15,30H2,1-4H3. The van der Waals surface area contributed by atoms with E-state index in [1.807, 2.05) is 32.0 Å². The summed E-state index contributed by atoms with van der Waals surface area (Å²) in [5.41, 5.74) is 9.78. The van der Waals surface area contributed by atoms with Gasteiger partial charge in [-0.25, -0.2) is 4.79 Å². The van der Waals surface area contributed by atoms with Gasteiger partial charge in [0.1, 0.15) is 40.4 Å². The fourth-order valence-electron chi connectivity index (χ4n) is 4.05. The first-order valence-corrected chi connectivity index (χ1v) is 11.2. The van der Waals surface area contributed by atoms with Crippen molar-refractivity contribution in [2.45, 2.75) is 19.8 Å². The lowest BCUT2D eigenvalue weighted by Crippen LogP contribution is -2.22. The van der Waals surface area contributed by atoms with Crippen molar-refractivity contribution < 1.29 is 28.5 Å². The summed E-state index contributed by atoms with van der Waals surface area (Å²) in [6.45, 7) is 3.65. The van der Waals surface area contributed by atoms with Gasteiger partial charge in [-0.3, -0.25) is 0 Å². The highest BCUT2D eigenvalue weighted by Crippen LogP contribution is 2.46. The Balaban J connectivity index is 1.59. The predicted molar refractivity (Wildman–Crippen MR) is 132 cm³/mol. The highest BCUT2D eigenvalue weighted by atomic mass is 16.6. The van der Waals surface area contributed by atoms with Gasteiger partial charge in [0.15, 0.2) is 6.61 Å². The van der Waals surface area contributed by atoms with Gasteiger partial charge < -0.3 is 29.4 Å². The number of aryl methyl sites for hydroxylation is 1. The van der Waals surface area contributed by atoms with Gasteiger partial charge in [-0.1, -0.05) is 24.3 Å². The zero-order valence-electron chi connectivity index (χ0n) is 20.5. The Hall–Kier alpha value is -4.64. The van der Waals surface area contributed by atoms with E-state index in [1.54, 1.807) is 50.6 Å². The maximum atomic E-state index is 12.4. The van der Waals surface area contributed by atoms with E-state index >= 15 is 0 Å². The maximum absolute atomic E-state index is 12.4. The van der Waals surface area contributed by atoms with Gasteiger partial charge in [-0.15, -0.1) is 0 Å². The molecule has 3 aromatic rings. The third-order valence-corrected chi connectivity index (χ3v) is 6.07. The zero-order valence-corrected chi connectivity index (χ0v) is 20.5. The van der Waals surface area contributed by atoms with Crippen LogP contribution in [-0.2, 0) is 4.79 Å². The highest BCUT2D eigenvalue weighted by molar-refractivity contribution is 5.74. The van der Waals surface area contributed by atoms with E-state index in [4.69, 9.17) is 29.4 Å². The number of nitrogens with zero attached hydrogens (tertiary/aromatic N) is 1. The Labute approximate surface area is 209 Å². The molecule has 36 heavy (non-hydrogen) atoms. The fourth-order valence-corrected chi connectivity index (χ4v) is 4.05. The molecule has 0 saturated carbocycles. The first-order valence-electron chi connectivity index (χ1n) is 11.2. The number of fused-ring (bicyclic) bond motifs is 1. The number of hydrogen-bond acceptors (Lipinski definition) is 8. The van der Waals surface area contributed by atoms with Gasteiger partial charge in [-0.2, -0.15) is 5.26 Å². The van der Waals surface area contributed by atoms with Crippen LogP contribution < -0.4 is 29.4 Å². The summed E-state index contributed by atoms with van der Waals surface area (Å²) in [5.74, 6) is 1.26. The van der Waals surface area contributed by atoms with Crippen molar-refractivity contribution in [3.63, 3.8) is 0 Å². The molecule has 8 nitrogen and oxygen atoms in total. The molecule has 0 spiro atoms. The van der Waals surface area contributed by atoms with Gasteiger partial charge in [0.2, 0.25) is 5.88 Å². The highest BCUT2D eigenvalue weighted by Gasteiger charge is 2.33. The molecule has 1 unspecified atom stereocenters. The molecule has 2 N–H and O–H groups in total. The van der Waals surface area contributed by atoms with E-state index in [1.165, 1.54) is 0 Å². The average molecular weight is 487 g/mol. The molecule has 1 heterocycles. The monoisotopic (exact) mass is 486 g/mol. The Morgan fingerprint density at radius 3 is 2.47 bits per heavy atom. The number of allylic oxidation sites excluding steroid dienone is 1. The normalized spacial score (nSPS) is 14.2. The van der Waals surface area contributed by atoms with Crippen LogP contribution in [-0.4, -0.2) is 26.8 Å². The lowest BCUT2D eigenvalue weighted by atomic mass is 9.83. The topological polar surface area (TPSA) is 113 Å². The molecule has 0 radical (unpaired) electrons. The van der Waals surface area contributed by atoms with Crippen LogP contribution in [0.25, 0.3) is 0 Å². The summed E-state index contributed by atoms with van der Waals surface area (Å²) in [6, 6.07) is 18.1. The summed E-state index contributed by atoms with van der Waals surface area (Å²) < 4.78 is 27.7. The molecular formula is C28H26N2O6. The number of nitrogens with two attached hydrogens (primary N) is 1. The van der Waals surface area contributed by atoms with Crippen molar-refractivity contribution in [2.24, 2.45) is 5.73 Å². The van der Waals surface area contributed by atoms with Gasteiger partial charge in [-0.05, 0) is 43.2 Å². The number of hydrogen-bond donors (Lipinski definition) is 1. The van der Waals surface area contributed by atoms with E-state index in [0.717, 1.165) is 11.1 Å². The van der Waals surface area contributed by atoms with Gasteiger partial charge in [0, 0.05) is 23.3 Å². The smallest absolute Gasteiger partial charge is 0.349 e. The molecule has 1 atom stereocenters. The zero-order chi connectivity index (χ0) is 25.8. The Morgan fingerprint density at radius 2 is 1.75 bits per heavy atom. The molecule has 184 valence electrons. The van der Waals surface area contributed by atoms with Gasteiger partial charge >= 0.3 is 5.97 Å². The molecule has 0 bridgehead atoms. The van der Waals surface area contributed by atoms with Crippen molar-refractivity contribution in [1.29, 1.82) is 5.26 Å². The van der Waals surface area contributed by atoms with Crippen LogP contribution in [0, 0.1) is 25.2 Å². The van der Waals surface area contributed by atoms with Crippen LogP contribution in [0.3, 0.4) is 0 Å². The number of rotatable bonds is 7. The number of ether oxygens (including phenoxy) is 5. The minimum atomic E-state index is -0.568. The van der Waals surface area contributed by atoms with Crippen LogP contribution in [0.2, 0.25) is 0 Å². The summed E-state index contributed by atoms with van der Waals surface area (Å²) in [4.78, 5) is 12.4. The molecule has 0 aliphatic carbocycles. The van der Waals surface area contributed by atoms with Crippen molar-refractivity contribution in [2.75, 3.05) is 20.8 Å². The number of benzene rings is 3. The average Bonchev–Trinajstić information content (AvgIpc) is 2.88. The largest absolute Gasteiger partial charge is 0.497 e. The molecule has 1 aliphatic rings. The molecule has 1 aliphatic heterocycles. The van der Waals surface area contributed by atoms with Crippen molar-refractivity contribution >= 4 is 5.97 Å². The SMILES string of the molecule is COc1ccc(C2C(C#N)=C(N)Oc3cc(OC(=O)COc4cccc(C)c4C)ccc32)c(OC)c1. The molecular weight excluding hydrogens is 460 g/mol. The fraction of sp³-hybridized carbons (Fsp3) is 0.214. The first kappa shape index (κ1) is 24.5. The number of carbonyl (C=O) groups excluding carboxylic acids is 1. The number of nitriles is 1. The third kappa shape index (κ3) is 4.77. The molecule has 8 heteroatoms. The maximum Gasteiger partial charge on any atom is 0.349 e. The summed E-state index contributed by atoms with van der Waals surface area (Å²) in [7, 11) is 3.10. The predicted octanol–water partition coefficient (Wildman–Crippen LogP) is 4.52. The Bertz CT molecular complexity index is 1390. The molecule has 0 aromatic heterocycles. The second-order valence-electron chi connectivity index (χ2n) is 8.19. The Kier molecular flexibility index (Phi) is 7.02. The Morgan fingerprint density at radius 1 is 1.00 bits per heavy atom. The van der Waals surface area contributed by atoms with Gasteiger partial charge in [0.25, 0.3) is 0 Å². The van der Waals surface area contributed by atoms with E-state index in [0.29, 0.717) is 34.1 Å². The molecule has 3 aromatic carbocycles. The van der Waals surface area contributed by atoms with Crippen molar-refractivity contribution in [1.82, 2.24) is 0 Å². The number of methoxy groups -OCH3 is 2. The summed E-state index contributed by atoms with van der Waals surface area (Å²) >= 11 is 0. The molecule has 4 rings (SSSR count). The second-order valence-corrected chi connectivity index (χ2v) is 8.19. The van der Waals surface area contributed by atoms with Crippen LogP contribution in [0.1, 0.15) is 28.2 Å². The summed E-state index contributed by atoms with van der Waals surface area (Å²) in [6.07, 6.45) is 0. The molecule has 0 fully saturated rings. The van der Waals surface area contributed by atoms with Crippen LogP contribution in [0.15, 0.2) is 66.1 Å². The van der Waals surface area contributed by atoms with Crippen LogP contribution in [0.5, 0.6) is 28.7 Å². The minimum absolute atomic E-state index is 0.0328. The number of esters is 1. The second kappa shape index (κ2) is 10.3. The van der Waals surface area contributed by atoms with E-state index in [9.17, 15) is 10.1 Å². The van der Waals surface area contributed by atoms with E-state index in [2.05, 4.69) is 6.07 Å². The third-order valence-electron chi connectivity index (χ3n) is 6.07. The molecule has 0 saturated heterocycles. The van der Waals surface area contributed by atoms with E-state index < -0.39 is 11.9 Å². The summed E-state index contributed by atoms with van der Waals surface area (Å²) in [5, 5.41) is 9.83.